The Morgan fingerprint density at radius 3 is 2.41 bits per heavy atom. The number of benzene rings is 2. The van der Waals surface area contributed by atoms with Crippen LogP contribution in [0.3, 0.4) is 0 Å². The number of aromatic nitrogens is 1. The van der Waals surface area contributed by atoms with Crippen molar-refractivity contribution in [1.29, 1.82) is 0 Å². The summed E-state index contributed by atoms with van der Waals surface area (Å²) in [4.78, 5) is 21.9. The lowest BCUT2D eigenvalue weighted by atomic mass is 9.95. The van der Waals surface area contributed by atoms with E-state index in [9.17, 15) is 4.79 Å². The first kappa shape index (κ1) is 25.0. The third kappa shape index (κ3) is 5.12. The molecule has 0 saturated carbocycles. The summed E-state index contributed by atoms with van der Waals surface area (Å²) < 4.78 is 2.24. The van der Waals surface area contributed by atoms with Crippen molar-refractivity contribution in [3.63, 3.8) is 0 Å². The second-order valence-electron chi connectivity index (χ2n) is 10.0. The minimum atomic E-state index is -0.0260. The average molecular weight is 511 g/mol. The number of rotatable bonds is 6. The highest BCUT2D eigenvalue weighted by molar-refractivity contribution is 7.15. The molecule has 6 heteroatoms. The van der Waals surface area contributed by atoms with Gasteiger partial charge in [0.2, 0.25) is 0 Å². The van der Waals surface area contributed by atoms with E-state index in [1.807, 2.05) is 56.7 Å². The molecule has 0 radical (unpaired) electrons. The highest BCUT2D eigenvalue weighted by Crippen LogP contribution is 2.39. The monoisotopic (exact) mass is 510 g/mol. The Balaban J connectivity index is 1.51. The molecule has 5 nitrogen and oxygen atoms in total. The molecule has 0 fully saturated rings. The Labute approximate surface area is 223 Å². The minimum absolute atomic E-state index is 0.0260. The van der Waals surface area contributed by atoms with E-state index in [4.69, 9.17) is 4.99 Å². The van der Waals surface area contributed by atoms with Crippen LogP contribution < -0.4 is 10.2 Å². The zero-order valence-electron chi connectivity index (χ0n) is 22.3. The van der Waals surface area contributed by atoms with Crippen molar-refractivity contribution in [1.82, 2.24) is 4.57 Å². The molecule has 2 aromatic heterocycles. The molecule has 0 aliphatic heterocycles. The molecule has 0 bridgehead atoms. The Morgan fingerprint density at radius 2 is 1.70 bits per heavy atom. The van der Waals surface area contributed by atoms with Gasteiger partial charge in [0.15, 0.2) is 0 Å². The molecule has 0 saturated heterocycles. The molecule has 5 rings (SSSR count). The Morgan fingerprint density at radius 1 is 1.00 bits per heavy atom. The van der Waals surface area contributed by atoms with Crippen molar-refractivity contribution in [3.8, 4) is 5.00 Å². The number of aliphatic imine (C=N–C) groups is 1. The van der Waals surface area contributed by atoms with Crippen molar-refractivity contribution >= 4 is 40.5 Å². The molecular formula is C31H34N4OS. The summed E-state index contributed by atoms with van der Waals surface area (Å²) in [5.41, 5.74) is 9.36. The Hall–Kier alpha value is -3.64. The first-order valence-corrected chi connectivity index (χ1v) is 13.7. The number of fused-ring (bicyclic) bond motifs is 1. The zero-order valence-corrected chi connectivity index (χ0v) is 23.1. The maximum atomic E-state index is 13.7. The number of nitrogens with zero attached hydrogens (tertiary/aromatic N) is 3. The lowest BCUT2D eigenvalue weighted by Crippen LogP contribution is -2.17. The van der Waals surface area contributed by atoms with E-state index in [1.165, 1.54) is 22.4 Å². The summed E-state index contributed by atoms with van der Waals surface area (Å²) in [5.74, 6) is -0.0260. The maximum Gasteiger partial charge on any atom is 0.258 e. The number of hydrogen-bond donors (Lipinski definition) is 1. The van der Waals surface area contributed by atoms with E-state index in [0.29, 0.717) is 0 Å². The third-order valence-electron chi connectivity index (χ3n) is 7.08. The minimum Gasteiger partial charge on any atom is -0.378 e. The van der Waals surface area contributed by atoms with Crippen LogP contribution in [-0.2, 0) is 12.8 Å². The summed E-state index contributed by atoms with van der Waals surface area (Å²) >= 11 is 1.77. The van der Waals surface area contributed by atoms with Crippen LogP contribution in [0.5, 0.6) is 0 Å². The predicted molar refractivity (Wildman–Crippen MR) is 157 cm³/mol. The van der Waals surface area contributed by atoms with Crippen LogP contribution in [0.1, 0.15) is 56.2 Å². The summed E-state index contributed by atoms with van der Waals surface area (Å²) in [6.45, 7) is 6.27. The fraction of sp³-hybridized carbons (Fsp3) is 0.290. The molecule has 37 heavy (non-hydrogen) atoms. The first-order chi connectivity index (χ1) is 17.8. The van der Waals surface area contributed by atoms with E-state index < -0.39 is 0 Å². The van der Waals surface area contributed by atoms with Crippen LogP contribution >= 0.6 is 11.3 Å². The number of thiophene rings is 1. The van der Waals surface area contributed by atoms with E-state index in [0.717, 1.165) is 63.8 Å². The third-order valence-corrected chi connectivity index (χ3v) is 8.36. The van der Waals surface area contributed by atoms with Gasteiger partial charge in [-0.1, -0.05) is 17.7 Å². The number of hydrogen-bond acceptors (Lipinski definition) is 4. The maximum absolute atomic E-state index is 13.7. The lowest BCUT2D eigenvalue weighted by Gasteiger charge is -2.14. The first-order valence-electron chi connectivity index (χ1n) is 12.8. The summed E-state index contributed by atoms with van der Waals surface area (Å²) in [6, 6.07) is 18.4. The van der Waals surface area contributed by atoms with Crippen LogP contribution in [0.25, 0.3) is 5.00 Å². The van der Waals surface area contributed by atoms with Crippen LogP contribution in [0.4, 0.5) is 17.1 Å². The summed E-state index contributed by atoms with van der Waals surface area (Å²) in [6.07, 6.45) is 6.24. The molecule has 1 aliphatic carbocycles. The van der Waals surface area contributed by atoms with Gasteiger partial charge in [-0.2, -0.15) is 0 Å². The Bertz CT molecular complexity index is 1460. The Kier molecular flexibility index (Phi) is 7.02. The highest BCUT2D eigenvalue weighted by atomic mass is 32.1. The second kappa shape index (κ2) is 10.4. The van der Waals surface area contributed by atoms with E-state index in [-0.39, 0.29) is 5.91 Å². The lowest BCUT2D eigenvalue weighted by molar-refractivity contribution is 0.102. The molecule has 0 spiro atoms. The van der Waals surface area contributed by atoms with Crippen molar-refractivity contribution in [2.75, 3.05) is 24.3 Å². The van der Waals surface area contributed by atoms with Gasteiger partial charge in [-0.3, -0.25) is 9.79 Å². The molecule has 0 unspecified atom stereocenters. The summed E-state index contributed by atoms with van der Waals surface area (Å²) in [7, 11) is 4.07. The van der Waals surface area contributed by atoms with Crippen molar-refractivity contribution in [2.45, 2.75) is 46.5 Å². The van der Waals surface area contributed by atoms with Crippen LogP contribution in [-0.4, -0.2) is 30.8 Å². The standard InChI is InChI=1S/C31H34N4OS/c1-20-10-12-25(13-11-20)33-30(36)29-27-8-6-7-9-28(27)37-31(29)35-21(2)18-23(22(35)3)19-32-24-14-16-26(17-15-24)34(4)5/h10-19H,6-9H2,1-5H3,(H,33,36). The van der Waals surface area contributed by atoms with Crippen LogP contribution in [0, 0.1) is 20.8 Å². The average Bonchev–Trinajstić information content (AvgIpc) is 3.40. The molecule has 4 aromatic rings. The molecule has 0 atom stereocenters. The molecule has 1 aliphatic rings. The smallest absolute Gasteiger partial charge is 0.258 e. The molecule has 1 amide bonds. The predicted octanol–water partition coefficient (Wildman–Crippen LogP) is 7.41. The fourth-order valence-electron chi connectivity index (χ4n) is 4.99. The van der Waals surface area contributed by atoms with Gasteiger partial charge in [0.05, 0.1) is 11.3 Å². The number of nitrogens with one attached hydrogen (secondary N) is 1. The molecular weight excluding hydrogens is 476 g/mol. The van der Waals surface area contributed by atoms with Crippen molar-refractivity contribution < 1.29 is 4.79 Å². The number of anilines is 2. The van der Waals surface area contributed by atoms with Gasteiger partial charge in [-0.25, -0.2) is 0 Å². The molecule has 1 N–H and O–H groups in total. The van der Waals surface area contributed by atoms with E-state index in [2.05, 4.69) is 53.8 Å². The summed E-state index contributed by atoms with van der Waals surface area (Å²) in [5, 5.41) is 4.18. The van der Waals surface area contributed by atoms with Crippen LogP contribution in [0.15, 0.2) is 59.6 Å². The normalized spacial score (nSPS) is 13.1. The quantitative estimate of drug-likeness (QED) is 0.275. The SMILES string of the molecule is Cc1ccc(NC(=O)c2c(-n3c(C)cc(C=Nc4ccc(N(C)C)cc4)c3C)sc3c2CCCC3)cc1. The van der Waals surface area contributed by atoms with Gasteiger partial charge in [-0.15, -0.1) is 11.3 Å². The molecule has 2 heterocycles. The van der Waals surface area contributed by atoms with Gasteiger partial charge < -0.3 is 14.8 Å². The van der Waals surface area contributed by atoms with Crippen molar-refractivity contribution in [2.24, 2.45) is 4.99 Å². The van der Waals surface area contributed by atoms with Crippen LogP contribution in [0.2, 0.25) is 0 Å². The van der Waals surface area contributed by atoms with Gasteiger partial charge in [-0.05, 0) is 94.5 Å². The molecule has 2 aromatic carbocycles. The van der Waals surface area contributed by atoms with Crippen molar-refractivity contribution in [3.05, 3.63) is 93.1 Å². The fourth-order valence-corrected chi connectivity index (χ4v) is 6.48. The van der Waals surface area contributed by atoms with Gasteiger partial charge >= 0.3 is 0 Å². The second-order valence-corrected chi connectivity index (χ2v) is 11.1. The largest absolute Gasteiger partial charge is 0.378 e. The topological polar surface area (TPSA) is 49.6 Å². The van der Waals surface area contributed by atoms with Gasteiger partial charge in [0.25, 0.3) is 5.91 Å². The van der Waals surface area contributed by atoms with Gasteiger partial charge in [0.1, 0.15) is 5.00 Å². The number of carbonyl (C=O) groups is 1. The zero-order chi connectivity index (χ0) is 26.1. The molecule has 190 valence electrons. The van der Waals surface area contributed by atoms with E-state index >= 15 is 0 Å². The highest BCUT2D eigenvalue weighted by Gasteiger charge is 2.28. The number of carbonyl (C=O) groups excluding carboxylic acids is 1. The van der Waals surface area contributed by atoms with E-state index in [1.54, 1.807) is 11.3 Å². The van der Waals surface area contributed by atoms with Gasteiger partial charge in [0, 0.05) is 53.5 Å². The number of aryl methyl sites for hydroxylation is 3. The number of amides is 1.